The predicted octanol–water partition coefficient (Wildman–Crippen LogP) is -2.84. The van der Waals surface area contributed by atoms with Crippen LogP contribution in [0.5, 0.6) is 0 Å². The second-order valence-corrected chi connectivity index (χ2v) is 9.53. The molecular formula is C5H13F3LiN4O5S3+. The third-order valence-corrected chi connectivity index (χ3v) is 7.29. The summed E-state index contributed by atoms with van der Waals surface area (Å²) in [6.07, 6.45) is 0. The molecule has 0 amide bonds. The van der Waals surface area contributed by atoms with E-state index < -0.39 is 36.1 Å². The number of alkyl halides is 2. The Balaban J connectivity index is 0. The van der Waals surface area contributed by atoms with Crippen molar-refractivity contribution in [2.24, 2.45) is 7.54 Å². The van der Waals surface area contributed by atoms with E-state index in [9.17, 15) is 30.1 Å². The van der Waals surface area contributed by atoms with Crippen molar-refractivity contribution >= 4 is 30.3 Å². The van der Waals surface area contributed by atoms with Gasteiger partial charge >= 0.3 is 34.8 Å². The van der Waals surface area contributed by atoms with Crippen LogP contribution in [0.15, 0.2) is 7.54 Å². The first-order valence-electron chi connectivity index (χ1n) is 4.54. The normalized spacial score (nSPS) is 18.0. The second-order valence-electron chi connectivity index (χ2n) is 3.53. The van der Waals surface area contributed by atoms with Gasteiger partial charge in [-0.3, -0.25) is 0 Å². The van der Waals surface area contributed by atoms with Gasteiger partial charge in [0.15, 0.2) is 0 Å². The van der Waals surface area contributed by atoms with Crippen LogP contribution >= 0.6 is 0 Å². The Hall–Kier alpha value is 0.117. The monoisotopic (exact) mass is 369 g/mol. The average Bonchev–Trinajstić information content (AvgIpc) is 2.27. The minimum atomic E-state index is -5.31. The first-order chi connectivity index (χ1) is 8.81. The summed E-state index contributed by atoms with van der Waals surface area (Å²) in [6.45, 7) is 0. The van der Waals surface area contributed by atoms with Crippen molar-refractivity contribution in [2.45, 2.75) is 5.76 Å². The zero-order valence-corrected chi connectivity index (χ0v) is 14.2. The molecule has 0 heterocycles. The van der Waals surface area contributed by atoms with Crippen molar-refractivity contribution in [3.63, 3.8) is 0 Å². The Morgan fingerprint density at radius 1 is 0.952 bits per heavy atom. The largest absolute Gasteiger partial charge is 1.00 e. The van der Waals surface area contributed by atoms with Gasteiger partial charge in [0.25, 0.3) is 10.0 Å². The van der Waals surface area contributed by atoms with E-state index >= 15 is 0 Å². The van der Waals surface area contributed by atoms with Gasteiger partial charge in [-0.15, -0.1) is 0 Å². The van der Waals surface area contributed by atoms with Crippen LogP contribution in [0.2, 0.25) is 0 Å². The maximum atomic E-state index is 12.4. The van der Waals surface area contributed by atoms with Crippen molar-refractivity contribution in [2.75, 3.05) is 28.2 Å². The van der Waals surface area contributed by atoms with Crippen molar-refractivity contribution in [1.82, 2.24) is 8.61 Å². The first kappa shape index (κ1) is 23.4. The summed E-state index contributed by atoms with van der Waals surface area (Å²) in [5, 5.41) is 0. The Morgan fingerprint density at radius 3 is 1.62 bits per heavy atom. The van der Waals surface area contributed by atoms with E-state index in [1.165, 1.54) is 0 Å². The van der Waals surface area contributed by atoms with Crippen molar-refractivity contribution in [3.8, 4) is 0 Å². The van der Waals surface area contributed by atoms with Gasteiger partial charge in [0, 0.05) is 28.2 Å². The van der Waals surface area contributed by atoms with Gasteiger partial charge < -0.3 is 0 Å². The molecule has 0 saturated heterocycles. The zero-order valence-electron chi connectivity index (χ0n) is 11.8. The average molecular weight is 369 g/mol. The molecule has 0 aromatic heterocycles. The van der Waals surface area contributed by atoms with Gasteiger partial charge in [0.05, 0.1) is 0 Å². The van der Waals surface area contributed by atoms with Crippen LogP contribution in [-0.2, 0) is 34.7 Å². The summed E-state index contributed by atoms with van der Waals surface area (Å²) in [5.41, 5.74) is 0. The molecule has 2 unspecified atom stereocenters. The molecule has 0 spiro atoms. The minimum absolute atomic E-state index is 0. The molecule has 122 valence electrons. The minimum Gasteiger partial charge on any atom is -0.211 e. The fraction of sp³-hybridized carbons (Fsp3) is 1.00. The second kappa shape index (κ2) is 8.11. The fourth-order valence-corrected chi connectivity index (χ4v) is 4.97. The van der Waals surface area contributed by atoms with Gasteiger partial charge in [0.2, 0.25) is 10.1 Å². The molecule has 0 aromatic carbocycles. The molecule has 16 heteroatoms. The third kappa shape index (κ3) is 6.02. The van der Waals surface area contributed by atoms with E-state index in [-0.39, 0.29) is 18.9 Å². The predicted molar refractivity (Wildman–Crippen MR) is 65.6 cm³/mol. The van der Waals surface area contributed by atoms with Crippen molar-refractivity contribution in [1.29, 1.82) is 0 Å². The van der Waals surface area contributed by atoms with Crippen LogP contribution < -0.4 is 18.9 Å². The van der Waals surface area contributed by atoms with Crippen molar-refractivity contribution < 1.29 is 53.4 Å². The fourth-order valence-electron chi connectivity index (χ4n) is 0.543. The van der Waals surface area contributed by atoms with E-state index in [0.717, 1.165) is 28.2 Å². The van der Waals surface area contributed by atoms with Gasteiger partial charge in [-0.2, -0.15) is 21.5 Å². The number of halogens is 3. The number of hydrogen-bond donors (Lipinski definition) is 0. The molecule has 2 atom stereocenters. The summed E-state index contributed by atoms with van der Waals surface area (Å²) in [4.78, 5) is 0. The molecule has 0 bridgehead atoms. The Morgan fingerprint density at radius 2 is 1.38 bits per heavy atom. The summed E-state index contributed by atoms with van der Waals surface area (Å²) < 4.78 is 91.9. The summed E-state index contributed by atoms with van der Waals surface area (Å²) in [6, 6.07) is 0. The molecule has 21 heavy (non-hydrogen) atoms. The molecule has 0 rings (SSSR count). The van der Waals surface area contributed by atoms with Crippen molar-refractivity contribution in [3.05, 3.63) is 0 Å². The molecule has 0 aliphatic carbocycles. The third-order valence-electron chi connectivity index (χ3n) is 1.64. The maximum absolute atomic E-state index is 12.4. The van der Waals surface area contributed by atoms with E-state index in [2.05, 4.69) is 11.9 Å². The first-order valence-corrected chi connectivity index (χ1v) is 8.87. The molecule has 9 nitrogen and oxygen atoms in total. The van der Waals surface area contributed by atoms with Gasteiger partial charge in [-0.25, -0.2) is 12.7 Å². The van der Waals surface area contributed by atoms with Crippen LogP contribution in [-0.4, -0.2) is 59.4 Å². The van der Waals surface area contributed by atoms with E-state index in [4.69, 9.17) is 0 Å². The number of rotatable bonds is 6. The van der Waals surface area contributed by atoms with Crippen LogP contribution in [0.3, 0.4) is 0 Å². The molecule has 0 saturated carbocycles. The van der Waals surface area contributed by atoms with E-state index in [0.29, 0.717) is 8.61 Å². The SMILES string of the molecule is CN(C)S(=O)(=O)N=S(=O)(N=S(=O)(OF)C(F)F)N(C)C.[Li+]. The zero-order chi connectivity index (χ0) is 16.4. The van der Waals surface area contributed by atoms with Crippen LogP contribution in [0.25, 0.3) is 0 Å². The van der Waals surface area contributed by atoms with E-state index in [1.807, 2.05) is 0 Å². The number of nitrogens with zero attached hydrogens (tertiary/aromatic N) is 4. The van der Waals surface area contributed by atoms with Crippen LogP contribution in [0.4, 0.5) is 13.3 Å². The summed E-state index contributed by atoms with van der Waals surface area (Å²) in [5.74, 6) is -3.95. The molecule has 0 aliphatic heterocycles. The maximum Gasteiger partial charge on any atom is 1.00 e. The Bertz CT molecular complexity index is 678. The summed E-state index contributed by atoms with van der Waals surface area (Å²) in [7, 11) is -10.3. The molecule has 0 radical (unpaired) electrons. The van der Waals surface area contributed by atoms with Crippen LogP contribution in [0.1, 0.15) is 0 Å². The van der Waals surface area contributed by atoms with E-state index in [1.54, 1.807) is 0 Å². The smallest absolute Gasteiger partial charge is 0.211 e. The standard InChI is InChI=1S/C5H13F3N4O5S3.Li/c1-11(2)19(14,10-20(15,16)12(3)4)9-18(13,17-8)5(6)7;/h5H,1-4H3;/q;+1. The van der Waals surface area contributed by atoms with Gasteiger partial charge in [-0.1, -0.05) is 11.9 Å². The molecule has 0 aromatic rings. The molecule has 0 aliphatic rings. The summed E-state index contributed by atoms with van der Waals surface area (Å²) >= 11 is 0. The van der Waals surface area contributed by atoms with Gasteiger partial charge in [0.1, 0.15) is 0 Å². The Kier molecular flexibility index (Phi) is 9.03. The quantitative estimate of drug-likeness (QED) is 0.469. The Labute approximate surface area is 133 Å². The molecular weight excluding hydrogens is 356 g/mol. The molecule has 0 N–H and O–H groups in total. The topological polar surface area (TPSA) is 109 Å². The van der Waals surface area contributed by atoms with Crippen LogP contribution in [0, 0.1) is 0 Å². The number of hydrogen-bond acceptors (Lipinski definition) is 5. The van der Waals surface area contributed by atoms with Gasteiger partial charge in [-0.05, 0) is 4.53 Å². The molecule has 0 fully saturated rings.